The van der Waals surface area contributed by atoms with E-state index in [9.17, 15) is 14.7 Å². The van der Waals surface area contributed by atoms with Crippen molar-refractivity contribution < 1.29 is 34.4 Å². The number of hydrogen-bond donors (Lipinski definition) is 3. The summed E-state index contributed by atoms with van der Waals surface area (Å²) in [6.45, 7) is 4.61. The molecule has 33 heavy (non-hydrogen) atoms. The van der Waals surface area contributed by atoms with Gasteiger partial charge in [-0.3, -0.25) is 4.79 Å². The summed E-state index contributed by atoms with van der Waals surface area (Å²) in [7, 11) is 0. The zero-order valence-corrected chi connectivity index (χ0v) is 20.4. The first-order chi connectivity index (χ1) is 15.9. The first-order valence-corrected chi connectivity index (χ1v) is 12.1. The number of ether oxygens (including phenoxy) is 1. The minimum absolute atomic E-state index is 0.250. The van der Waals surface area contributed by atoms with Crippen molar-refractivity contribution >= 4 is 18.4 Å². The number of aromatic carboxylic acids is 1. The van der Waals surface area contributed by atoms with Crippen molar-refractivity contribution in [3.63, 3.8) is 0 Å². The molecule has 0 amide bonds. The third kappa shape index (κ3) is 24.1. The Bertz CT molecular complexity index is 575. The van der Waals surface area contributed by atoms with Crippen molar-refractivity contribution in [1.82, 2.24) is 0 Å². The van der Waals surface area contributed by atoms with Crippen molar-refractivity contribution in [2.45, 2.75) is 103 Å². The maximum Gasteiger partial charge on any atom is 0.335 e. The van der Waals surface area contributed by atoms with Crippen LogP contribution in [0.15, 0.2) is 30.3 Å². The van der Waals surface area contributed by atoms with Gasteiger partial charge in [-0.15, -0.1) is 0 Å². The van der Waals surface area contributed by atoms with Crippen LogP contribution in [0, 0.1) is 0 Å². The number of aliphatic hydroxyl groups excluding tert-OH is 1. The van der Waals surface area contributed by atoms with E-state index in [-0.39, 0.29) is 6.47 Å². The summed E-state index contributed by atoms with van der Waals surface area (Å²) >= 11 is 0. The molecule has 3 N–H and O–H groups in total. The Labute approximate surface area is 199 Å². The highest BCUT2D eigenvalue weighted by atomic mass is 16.5. The van der Waals surface area contributed by atoms with E-state index in [0.717, 1.165) is 25.7 Å². The molecule has 1 unspecified atom stereocenters. The molecule has 190 valence electrons. The number of unbranched alkanes of at least 4 members (excludes halogenated alkanes) is 10. The van der Waals surface area contributed by atoms with Crippen LogP contribution in [0.25, 0.3) is 0 Å². The Hall–Kier alpha value is -2.41. The normalized spacial score (nSPS) is 10.6. The predicted molar refractivity (Wildman–Crippen MR) is 130 cm³/mol. The molecule has 1 atom stereocenters. The molecule has 0 aromatic heterocycles. The van der Waals surface area contributed by atoms with E-state index in [4.69, 9.17) is 19.7 Å². The smallest absolute Gasteiger partial charge is 0.335 e. The van der Waals surface area contributed by atoms with E-state index in [0.29, 0.717) is 18.6 Å². The number of carbonyl (C=O) groups excluding carboxylic acids is 1. The van der Waals surface area contributed by atoms with Gasteiger partial charge in [0.2, 0.25) is 0 Å². The molecule has 0 aliphatic heterocycles. The van der Waals surface area contributed by atoms with Gasteiger partial charge in [0.15, 0.2) is 6.10 Å². The Morgan fingerprint density at radius 2 is 1.30 bits per heavy atom. The van der Waals surface area contributed by atoms with E-state index in [1.807, 2.05) is 0 Å². The van der Waals surface area contributed by atoms with Gasteiger partial charge in [-0.2, -0.15) is 0 Å². The van der Waals surface area contributed by atoms with Gasteiger partial charge in [0, 0.05) is 0 Å². The minimum atomic E-state index is -0.920. The monoisotopic (exact) mass is 468 g/mol. The van der Waals surface area contributed by atoms with Gasteiger partial charge in [-0.05, 0) is 25.0 Å². The SMILES string of the molecule is CCCCCCCCOC(=O)C(O)CCCCCCCC.O=C(O)c1ccccc1.O=CO. The molecular weight excluding hydrogens is 424 g/mol. The zero-order chi connectivity index (χ0) is 25.2. The van der Waals surface area contributed by atoms with Crippen molar-refractivity contribution in [2.24, 2.45) is 0 Å². The van der Waals surface area contributed by atoms with E-state index in [1.54, 1.807) is 30.3 Å². The highest BCUT2D eigenvalue weighted by Gasteiger charge is 2.15. The summed E-state index contributed by atoms with van der Waals surface area (Å²) in [5.41, 5.74) is 0.331. The minimum Gasteiger partial charge on any atom is -0.483 e. The molecular formula is C26H44O7. The number of carboxylic acids is 1. The summed E-state index contributed by atoms with van der Waals surface area (Å²) < 4.78 is 5.12. The molecule has 0 radical (unpaired) electrons. The molecule has 1 rings (SSSR count). The second-order valence-corrected chi connectivity index (χ2v) is 7.78. The number of rotatable bonds is 16. The lowest BCUT2D eigenvalue weighted by atomic mass is 10.1. The Morgan fingerprint density at radius 3 is 1.76 bits per heavy atom. The van der Waals surface area contributed by atoms with Crippen LogP contribution in [0.1, 0.15) is 108 Å². The van der Waals surface area contributed by atoms with Gasteiger partial charge < -0.3 is 20.1 Å². The molecule has 7 nitrogen and oxygen atoms in total. The number of benzene rings is 1. The summed E-state index contributed by atoms with van der Waals surface area (Å²) in [6.07, 6.45) is 13.7. The number of esters is 1. The summed E-state index contributed by atoms with van der Waals surface area (Å²) in [4.78, 5) is 30.1. The molecule has 1 aromatic rings. The first kappa shape index (κ1) is 32.8. The lowest BCUT2D eigenvalue weighted by Gasteiger charge is -2.10. The van der Waals surface area contributed by atoms with E-state index < -0.39 is 18.0 Å². The Morgan fingerprint density at radius 1 is 0.848 bits per heavy atom. The van der Waals surface area contributed by atoms with Crippen LogP contribution in [-0.2, 0) is 14.3 Å². The van der Waals surface area contributed by atoms with Gasteiger partial charge >= 0.3 is 11.9 Å². The Kier molecular flexibility index (Phi) is 25.7. The average molecular weight is 469 g/mol. The number of aliphatic hydroxyl groups is 1. The molecule has 7 heteroatoms. The highest BCUT2D eigenvalue weighted by molar-refractivity contribution is 5.87. The van der Waals surface area contributed by atoms with Gasteiger partial charge in [-0.25, -0.2) is 9.59 Å². The Balaban J connectivity index is 0. The first-order valence-electron chi connectivity index (χ1n) is 12.1. The second kappa shape index (κ2) is 25.8. The van der Waals surface area contributed by atoms with Crippen LogP contribution in [0.4, 0.5) is 0 Å². The maximum absolute atomic E-state index is 11.6. The molecule has 0 fully saturated rings. The van der Waals surface area contributed by atoms with E-state index in [2.05, 4.69) is 13.8 Å². The van der Waals surface area contributed by atoms with Crippen LogP contribution >= 0.6 is 0 Å². The van der Waals surface area contributed by atoms with Crippen molar-refractivity contribution in [3.05, 3.63) is 35.9 Å². The average Bonchev–Trinajstić information content (AvgIpc) is 2.82. The molecule has 0 aliphatic rings. The topological polar surface area (TPSA) is 121 Å². The second-order valence-electron chi connectivity index (χ2n) is 7.78. The van der Waals surface area contributed by atoms with Crippen molar-refractivity contribution in [1.29, 1.82) is 0 Å². The lowest BCUT2D eigenvalue weighted by Crippen LogP contribution is -2.23. The van der Waals surface area contributed by atoms with Crippen LogP contribution in [0.5, 0.6) is 0 Å². The molecule has 0 bridgehead atoms. The standard InChI is InChI=1S/C18H36O3.C7H6O2.CH2O2/c1-3-5-7-9-11-13-15-17(19)18(20)21-16-14-12-10-8-6-4-2;8-7(9)6-4-2-1-3-5-6;2-1-3/h17,19H,3-16H2,1-2H3;1-5H,(H,8,9);1H,(H,2,3). The largest absolute Gasteiger partial charge is 0.483 e. The summed E-state index contributed by atoms with van der Waals surface area (Å²) in [5.74, 6) is -1.31. The van der Waals surface area contributed by atoms with Crippen LogP contribution < -0.4 is 0 Å². The van der Waals surface area contributed by atoms with Gasteiger partial charge in [0.25, 0.3) is 6.47 Å². The van der Waals surface area contributed by atoms with Crippen LogP contribution in [-0.4, -0.2) is 46.4 Å². The van der Waals surface area contributed by atoms with Crippen LogP contribution in [0.3, 0.4) is 0 Å². The van der Waals surface area contributed by atoms with Crippen molar-refractivity contribution in [2.75, 3.05) is 6.61 Å². The van der Waals surface area contributed by atoms with Gasteiger partial charge in [0.1, 0.15) is 0 Å². The van der Waals surface area contributed by atoms with Crippen LogP contribution in [0.2, 0.25) is 0 Å². The fourth-order valence-electron chi connectivity index (χ4n) is 2.97. The number of carboxylic acid groups (broad SMARTS) is 2. The van der Waals surface area contributed by atoms with Gasteiger partial charge in [-0.1, -0.05) is 103 Å². The molecule has 0 aliphatic carbocycles. The number of carbonyl (C=O) groups is 3. The molecule has 1 aromatic carbocycles. The third-order valence-corrected chi connectivity index (χ3v) is 4.87. The third-order valence-electron chi connectivity index (χ3n) is 4.87. The molecule has 0 spiro atoms. The quantitative estimate of drug-likeness (QED) is 0.152. The lowest BCUT2D eigenvalue weighted by molar-refractivity contribution is -0.154. The number of hydrogen-bond acceptors (Lipinski definition) is 5. The fourth-order valence-corrected chi connectivity index (χ4v) is 2.97. The van der Waals surface area contributed by atoms with E-state index >= 15 is 0 Å². The fraction of sp³-hybridized carbons (Fsp3) is 0.654. The predicted octanol–water partition coefficient (Wildman–Crippen LogP) is 6.09. The van der Waals surface area contributed by atoms with Gasteiger partial charge in [0.05, 0.1) is 12.2 Å². The summed E-state index contributed by atoms with van der Waals surface area (Å²) in [6, 6.07) is 8.30. The van der Waals surface area contributed by atoms with Crippen molar-refractivity contribution in [3.8, 4) is 0 Å². The van der Waals surface area contributed by atoms with E-state index in [1.165, 1.54) is 51.4 Å². The summed E-state index contributed by atoms with van der Waals surface area (Å²) in [5, 5.41) is 25.0. The molecule has 0 saturated carbocycles. The highest BCUT2D eigenvalue weighted by Crippen LogP contribution is 2.10. The maximum atomic E-state index is 11.6. The zero-order valence-electron chi connectivity index (χ0n) is 20.4. The molecule has 0 heterocycles. The molecule has 0 saturated heterocycles.